The van der Waals surface area contributed by atoms with Crippen LogP contribution < -0.4 is 5.32 Å². The Hall–Kier alpha value is -0.970. The van der Waals surface area contributed by atoms with E-state index in [1.807, 2.05) is 7.11 Å². The van der Waals surface area contributed by atoms with Crippen molar-refractivity contribution in [2.45, 2.75) is 39.5 Å². The van der Waals surface area contributed by atoms with Crippen LogP contribution in [0.3, 0.4) is 0 Å². The highest BCUT2D eigenvalue weighted by molar-refractivity contribution is 5.11. The molecule has 1 aromatic rings. The molecule has 20 heavy (non-hydrogen) atoms. The highest BCUT2D eigenvalue weighted by Crippen LogP contribution is 2.20. The summed E-state index contributed by atoms with van der Waals surface area (Å²) in [5, 5.41) is 3.32. The Labute approximate surface area is 122 Å². The molecule has 0 spiro atoms. The van der Waals surface area contributed by atoms with Gasteiger partial charge in [0.15, 0.2) is 0 Å². The quantitative estimate of drug-likeness (QED) is 0.863. The van der Waals surface area contributed by atoms with Gasteiger partial charge in [0.05, 0.1) is 17.5 Å². The number of hydrogen-bond donors (Lipinski definition) is 1. The van der Waals surface area contributed by atoms with Crippen molar-refractivity contribution in [2.24, 2.45) is 5.92 Å². The van der Waals surface area contributed by atoms with Crippen LogP contribution in [0.5, 0.6) is 0 Å². The van der Waals surface area contributed by atoms with Crippen molar-refractivity contribution < 1.29 is 4.74 Å². The standard InChI is InChI=1S/C16H27N3O/c1-4-17-10-14-6-5-7-15(18-14)11-19-9-8-13(2)16(12-19)20-3/h5-7,13,16-17H,4,8-12H2,1-3H3. The Morgan fingerprint density at radius 3 is 2.95 bits per heavy atom. The first-order valence-corrected chi connectivity index (χ1v) is 7.63. The van der Waals surface area contributed by atoms with Crippen molar-refractivity contribution in [2.75, 3.05) is 26.7 Å². The molecule has 1 aliphatic heterocycles. The molecule has 1 aliphatic rings. The van der Waals surface area contributed by atoms with Crippen LogP contribution in [0, 0.1) is 5.92 Å². The summed E-state index contributed by atoms with van der Waals surface area (Å²) in [5.74, 6) is 0.657. The van der Waals surface area contributed by atoms with E-state index in [1.54, 1.807) is 0 Å². The lowest BCUT2D eigenvalue weighted by Crippen LogP contribution is -2.43. The van der Waals surface area contributed by atoms with E-state index in [1.165, 1.54) is 6.42 Å². The zero-order valence-corrected chi connectivity index (χ0v) is 12.9. The van der Waals surface area contributed by atoms with Gasteiger partial charge in [-0.3, -0.25) is 9.88 Å². The fourth-order valence-electron chi connectivity index (χ4n) is 2.75. The second-order valence-corrected chi connectivity index (χ2v) is 5.68. The van der Waals surface area contributed by atoms with Crippen molar-refractivity contribution in [3.63, 3.8) is 0 Å². The van der Waals surface area contributed by atoms with Crippen LogP contribution in [0.25, 0.3) is 0 Å². The number of aromatic nitrogens is 1. The van der Waals surface area contributed by atoms with Crippen molar-refractivity contribution in [1.29, 1.82) is 0 Å². The SMILES string of the molecule is CCNCc1cccc(CN2CCC(C)C(OC)C2)n1. The lowest BCUT2D eigenvalue weighted by atomic mass is 9.96. The van der Waals surface area contributed by atoms with Crippen LogP contribution in [-0.4, -0.2) is 42.7 Å². The zero-order chi connectivity index (χ0) is 14.4. The summed E-state index contributed by atoms with van der Waals surface area (Å²) in [5.41, 5.74) is 2.28. The fourth-order valence-corrected chi connectivity index (χ4v) is 2.75. The number of rotatable bonds is 6. The molecule has 2 unspecified atom stereocenters. The van der Waals surface area contributed by atoms with E-state index < -0.39 is 0 Å². The molecule has 0 saturated carbocycles. The van der Waals surface area contributed by atoms with Gasteiger partial charge in [0, 0.05) is 26.7 Å². The van der Waals surface area contributed by atoms with E-state index in [-0.39, 0.29) is 0 Å². The number of nitrogens with zero attached hydrogens (tertiary/aromatic N) is 2. The number of likely N-dealkylation sites (tertiary alicyclic amines) is 1. The number of pyridine rings is 1. The average molecular weight is 277 g/mol. The van der Waals surface area contributed by atoms with Crippen LogP contribution in [0.15, 0.2) is 18.2 Å². The second-order valence-electron chi connectivity index (χ2n) is 5.68. The molecule has 2 heterocycles. The van der Waals surface area contributed by atoms with E-state index in [0.29, 0.717) is 12.0 Å². The molecule has 1 N–H and O–H groups in total. The van der Waals surface area contributed by atoms with Gasteiger partial charge in [0.25, 0.3) is 0 Å². The van der Waals surface area contributed by atoms with E-state index in [9.17, 15) is 0 Å². The second kappa shape index (κ2) is 7.72. The van der Waals surface area contributed by atoms with Crippen molar-refractivity contribution in [3.05, 3.63) is 29.6 Å². The molecule has 1 saturated heterocycles. The maximum atomic E-state index is 5.58. The molecule has 2 atom stereocenters. The summed E-state index contributed by atoms with van der Waals surface area (Å²) in [6.07, 6.45) is 1.56. The first kappa shape index (κ1) is 15.4. The number of hydrogen-bond acceptors (Lipinski definition) is 4. The Morgan fingerprint density at radius 2 is 2.20 bits per heavy atom. The van der Waals surface area contributed by atoms with Gasteiger partial charge in [-0.05, 0) is 37.6 Å². The third-order valence-corrected chi connectivity index (χ3v) is 4.08. The molecular weight excluding hydrogens is 250 g/mol. The van der Waals surface area contributed by atoms with Crippen molar-refractivity contribution >= 4 is 0 Å². The molecule has 1 aromatic heterocycles. The first-order chi connectivity index (χ1) is 9.72. The monoisotopic (exact) mass is 277 g/mol. The maximum absolute atomic E-state index is 5.58. The molecule has 0 radical (unpaired) electrons. The summed E-state index contributed by atoms with van der Waals surface area (Å²) in [6.45, 7) is 9.29. The summed E-state index contributed by atoms with van der Waals surface area (Å²) < 4.78 is 5.58. The largest absolute Gasteiger partial charge is 0.380 e. The van der Waals surface area contributed by atoms with E-state index in [0.717, 1.165) is 44.1 Å². The predicted molar refractivity (Wildman–Crippen MR) is 81.5 cm³/mol. The van der Waals surface area contributed by atoms with Crippen LogP contribution >= 0.6 is 0 Å². The number of piperidine rings is 1. The van der Waals surface area contributed by atoms with Gasteiger partial charge in [-0.1, -0.05) is 19.9 Å². The first-order valence-electron chi connectivity index (χ1n) is 7.63. The Kier molecular flexibility index (Phi) is 5.95. The van der Waals surface area contributed by atoms with Gasteiger partial charge in [-0.2, -0.15) is 0 Å². The van der Waals surface area contributed by atoms with E-state index in [2.05, 4.69) is 42.3 Å². The van der Waals surface area contributed by atoms with E-state index in [4.69, 9.17) is 9.72 Å². The molecule has 4 nitrogen and oxygen atoms in total. The van der Waals surface area contributed by atoms with E-state index >= 15 is 0 Å². The minimum atomic E-state index is 0.355. The smallest absolute Gasteiger partial charge is 0.0724 e. The molecule has 0 aliphatic carbocycles. The molecular formula is C16H27N3O. The Balaban J connectivity index is 1.92. The molecule has 0 amide bonds. The number of ether oxygens (including phenoxy) is 1. The van der Waals surface area contributed by atoms with Crippen molar-refractivity contribution in [3.8, 4) is 0 Å². The van der Waals surface area contributed by atoms with Gasteiger partial charge in [-0.15, -0.1) is 0 Å². The summed E-state index contributed by atoms with van der Waals surface area (Å²) in [6, 6.07) is 6.31. The molecule has 2 rings (SSSR count). The van der Waals surface area contributed by atoms with Gasteiger partial charge >= 0.3 is 0 Å². The normalized spacial score (nSPS) is 23.9. The predicted octanol–water partition coefficient (Wildman–Crippen LogP) is 2.05. The minimum absolute atomic E-state index is 0.355. The van der Waals surface area contributed by atoms with Crippen molar-refractivity contribution in [1.82, 2.24) is 15.2 Å². The highest BCUT2D eigenvalue weighted by Gasteiger charge is 2.25. The lowest BCUT2D eigenvalue weighted by Gasteiger charge is -2.36. The van der Waals surface area contributed by atoms with Gasteiger partial charge in [0.2, 0.25) is 0 Å². The van der Waals surface area contributed by atoms with Gasteiger partial charge in [0.1, 0.15) is 0 Å². The highest BCUT2D eigenvalue weighted by atomic mass is 16.5. The zero-order valence-electron chi connectivity index (χ0n) is 12.9. The molecule has 0 aromatic carbocycles. The third-order valence-electron chi connectivity index (χ3n) is 4.08. The molecule has 112 valence electrons. The molecule has 1 fully saturated rings. The number of methoxy groups -OCH3 is 1. The average Bonchev–Trinajstić information content (AvgIpc) is 2.47. The van der Waals surface area contributed by atoms with Crippen LogP contribution in [0.1, 0.15) is 31.7 Å². The lowest BCUT2D eigenvalue weighted by molar-refractivity contribution is -0.00780. The Bertz CT molecular complexity index is 410. The molecule has 0 bridgehead atoms. The van der Waals surface area contributed by atoms with Crippen LogP contribution in [0.4, 0.5) is 0 Å². The maximum Gasteiger partial charge on any atom is 0.0724 e. The van der Waals surface area contributed by atoms with Crippen LogP contribution in [-0.2, 0) is 17.8 Å². The third kappa shape index (κ3) is 4.27. The summed E-state index contributed by atoms with van der Waals surface area (Å²) >= 11 is 0. The summed E-state index contributed by atoms with van der Waals surface area (Å²) in [4.78, 5) is 7.18. The van der Waals surface area contributed by atoms with Crippen LogP contribution in [0.2, 0.25) is 0 Å². The fraction of sp³-hybridized carbons (Fsp3) is 0.688. The minimum Gasteiger partial charge on any atom is -0.380 e. The molecule has 4 heteroatoms. The number of nitrogens with one attached hydrogen (secondary N) is 1. The topological polar surface area (TPSA) is 37.4 Å². The summed E-state index contributed by atoms with van der Waals surface area (Å²) in [7, 11) is 1.82. The van der Waals surface area contributed by atoms with Gasteiger partial charge in [-0.25, -0.2) is 0 Å². The van der Waals surface area contributed by atoms with Gasteiger partial charge < -0.3 is 10.1 Å². The Morgan fingerprint density at radius 1 is 1.40 bits per heavy atom.